The van der Waals surface area contributed by atoms with Crippen LogP contribution in [0.3, 0.4) is 0 Å². The Kier molecular flexibility index (Phi) is 4.71. The van der Waals surface area contributed by atoms with Crippen LogP contribution in [0, 0.1) is 0 Å². The molecule has 128 valence electrons. The second kappa shape index (κ2) is 7.11. The predicted molar refractivity (Wildman–Crippen MR) is 94.1 cm³/mol. The van der Waals surface area contributed by atoms with Crippen LogP contribution in [-0.4, -0.2) is 68.3 Å². The monoisotopic (exact) mass is 345 g/mol. The van der Waals surface area contributed by atoms with Gasteiger partial charge in [0.2, 0.25) is 5.91 Å². The summed E-state index contributed by atoms with van der Waals surface area (Å²) in [5, 5.41) is 9.11. The average Bonchev–Trinajstić information content (AvgIpc) is 3.30. The number of amides is 1. The molecule has 2 aromatic rings. The van der Waals surface area contributed by atoms with Crippen molar-refractivity contribution in [3.8, 4) is 0 Å². The molecule has 2 aromatic heterocycles. The van der Waals surface area contributed by atoms with Crippen LogP contribution >= 0.6 is 11.8 Å². The molecule has 0 aromatic carbocycles. The maximum atomic E-state index is 12.6. The van der Waals surface area contributed by atoms with Crippen LogP contribution in [0.1, 0.15) is 25.7 Å². The number of hydrogen-bond donors (Lipinski definition) is 0. The summed E-state index contributed by atoms with van der Waals surface area (Å²) < 4.78 is 1.93. The summed E-state index contributed by atoms with van der Waals surface area (Å²) in [7, 11) is 0. The molecule has 4 rings (SSSR count). The highest BCUT2D eigenvalue weighted by molar-refractivity contribution is 7.99. The molecule has 1 amide bonds. The first-order valence-corrected chi connectivity index (χ1v) is 9.74. The summed E-state index contributed by atoms with van der Waals surface area (Å²) in [6.07, 6.45) is 6.89. The van der Waals surface area contributed by atoms with Gasteiger partial charge in [0.1, 0.15) is 0 Å². The first kappa shape index (κ1) is 15.9. The van der Waals surface area contributed by atoms with Crippen molar-refractivity contribution in [2.24, 2.45) is 0 Å². The molecule has 24 heavy (non-hydrogen) atoms. The number of rotatable bonds is 4. The first-order valence-electron chi connectivity index (χ1n) is 8.75. The van der Waals surface area contributed by atoms with E-state index in [9.17, 15) is 4.79 Å². The molecule has 2 saturated heterocycles. The molecule has 0 bridgehead atoms. The third kappa shape index (κ3) is 3.28. The van der Waals surface area contributed by atoms with Crippen molar-refractivity contribution in [2.75, 3.05) is 31.9 Å². The number of piperidine rings is 1. The fraction of sp³-hybridized carbons (Fsp3) is 0.588. The van der Waals surface area contributed by atoms with E-state index in [1.165, 1.54) is 44.1 Å². The smallest absolute Gasteiger partial charge is 0.233 e. The lowest BCUT2D eigenvalue weighted by atomic mass is 10.0. The van der Waals surface area contributed by atoms with Gasteiger partial charge in [0.15, 0.2) is 10.8 Å². The van der Waals surface area contributed by atoms with Gasteiger partial charge >= 0.3 is 0 Å². The molecule has 2 aliphatic rings. The van der Waals surface area contributed by atoms with E-state index in [-0.39, 0.29) is 5.91 Å². The van der Waals surface area contributed by atoms with Crippen molar-refractivity contribution < 1.29 is 4.79 Å². The lowest BCUT2D eigenvalue weighted by molar-refractivity contribution is -0.130. The van der Waals surface area contributed by atoms with E-state index >= 15 is 0 Å². The zero-order valence-corrected chi connectivity index (χ0v) is 14.6. The Hall–Kier alpha value is -1.60. The Labute approximate surface area is 146 Å². The molecule has 0 radical (unpaired) electrons. The lowest BCUT2D eigenvalue weighted by Crippen LogP contribution is -2.49. The van der Waals surface area contributed by atoms with Crippen LogP contribution in [0.4, 0.5) is 0 Å². The number of hydrogen-bond acceptors (Lipinski definition) is 5. The molecule has 1 unspecified atom stereocenters. The molecular formula is C17H23N5OS. The maximum Gasteiger partial charge on any atom is 0.233 e. The maximum absolute atomic E-state index is 12.6. The number of likely N-dealkylation sites (tertiary alicyclic amines) is 2. The molecule has 6 nitrogen and oxygen atoms in total. The highest BCUT2D eigenvalue weighted by Crippen LogP contribution is 2.22. The van der Waals surface area contributed by atoms with E-state index in [1.54, 1.807) is 0 Å². The van der Waals surface area contributed by atoms with Gasteiger partial charge in [-0.2, -0.15) is 0 Å². The van der Waals surface area contributed by atoms with Crippen LogP contribution in [-0.2, 0) is 4.79 Å². The van der Waals surface area contributed by atoms with Gasteiger partial charge in [-0.1, -0.05) is 17.8 Å². The third-order valence-electron chi connectivity index (χ3n) is 5.01. The second-order valence-electron chi connectivity index (χ2n) is 6.58. The Morgan fingerprint density at radius 2 is 2.04 bits per heavy atom. The summed E-state index contributed by atoms with van der Waals surface area (Å²) in [6, 6.07) is 6.37. The summed E-state index contributed by atoms with van der Waals surface area (Å²) in [5.74, 6) is 0.652. The number of fused-ring (bicyclic) bond motifs is 1. The predicted octanol–water partition coefficient (Wildman–Crippen LogP) is 1.91. The van der Waals surface area contributed by atoms with Gasteiger partial charge in [0, 0.05) is 25.3 Å². The minimum atomic E-state index is 0.219. The molecule has 7 heteroatoms. The molecule has 0 spiro atoms. The van der Waals surface area contributed by atoms with Gasteiger partial charge in [0.05, 0.1) is 5.75 Å². The SMILES string of the molecule is O=C(CSc1nnc2ccccn12)N1CCCC(N2CCCC2)C1. The molecule has 2 aliphatic heterocycles. The summed E-state index contributed by atoms with van der Waals surface area (Å²) >= 11 is 1.48. The normalized spacial score (nSPS) is 22.3. The van der Waals surface area contributed by atoms with Crippen molar-refractivity contribution in [3.05, 3.63) is 24.4 Å². The molecule has 1 atom stereocenters. The Balaban J connectivity index is 1.35. The van der Waals surface area contributed by atoms with Crippen LogP contribution in [0.2, 0.25) is 0 Å². The van der Waals surface area contributed by atoms with Gasteiger partial charge in [-0.15, -0.1) is 10.2 Å². The van der Waals surface area contributed by atoms with Crippen molar-refractivity contribution in [3.63, 3.8) is 0 Å². The van der Waals surface area contributed by atoms with Crippen LogP contribution in [0.15, 0.2) is 29.6 Å². The minimum Gasteiger partial charge on any atom is -0.340 e. The van der Waals surface area contributed by atoms with Crippen molar-refractivity contribution >= 4 is 23.3 Å². The van der Waals surface area contributed by atoms with E-state index in [0.717, 1.165) is 30.3 Å². The lowest BCUT2D eigenvalue weighted by Gasteiger charge is -2.37. The van der Waals surface area contributed by atoms with Gasteiger partial charge in [-0.25, -0.2) is 0 Å². The van der Waals surface area contributed by atoms with E-state index in [2.05, 4.69) is 15.1 Å². The largest absolute Gasteiger partial charge is 0.340 e. The molecule has 2 fully saturated rings. The Morgan fingerprint density at radius 3 is 2.92 bits per heavy atom. The number of pyridine rings is 1. The second-order valence-corrected chi connectivity index (χ2v) is 7.52. The van der Waals surface area contributed by atoms with Crippen molar-refractivity contribution in [1.29, 1.82) is 0 Å². The number of thioether (sulfide) groups is 1. The van der Waals surface area contributed by atoms with Crippen LogP contribution in [0.5, 0.6) is 0 Å². The summed E-state index contributed by atoms with van der Waals surface area (Å²) in [5.41, 5.74) is 0.819. The topological polar surface area (TPSA) is 53.7 Å². The minimum absolute atomic E-state index is 0.219. The van der Waals surface area contributed by atoms with Gasteiger partial charge in [-0.3, -0.25) is 14.1 Å². The first-order chi connectivity index (χ1) is 11.8. The zero-order valence-electron chi connectivity index (χ0n) is 13.8. The van der Waals surface area contributed by atoms with Crippen molar-refractivity contribution in [1.82, 2.24) is 24.4 Å². The molecule has 0 N–H and O–H groups in total. The van der Waals surface area contributed by atoms with Gasteiger partial charge in [0.25, 0.3) is 0 Å². The molecule has 0 aliphatic carbocycles. The van der Waals surface area contributed by atoms with E-state index < -0.39 is 0 Å². The van der Waals surface area contributed by atoms with Crippen molar-refractivity contribution in [2.45, 2.75) is 36.9 Å². The molecular weight excluding hydrogens is 322 g/mol. The number of aromatic nitrogens is 3. The third-order valence-corrected chi connectivity index (χ3v) is 5.94. The molecule has 0 saturated carbocycles. The average molecular weight is 345 g/mol. The van der Waals surface area contributed by atoms with Crippen LogP contribution in [0.25, 0.3) is 5.65 Å². The Bertz CT molecular complexity index is 712. The number of carbonyl (C=O) groups excluding carboxylic acids is 1. The zero-order chi connectivity index (χ0) is 16.4. The summed E-state index contributed by atoms with van der Waals surface area (Å²) in [6.45, 7) is 4.19. The molecule has 4 heterocycles. The highest BCUT2D eigenvalue weighted by Gasteiger charge is 2.29. The Morgan fingerprint density at radius 1 is 1.17 bits per heavy atom. The van der Waals surface area contributed by atoms with Gasteiger partial charge < -0.3 is 4.90 Å². The van der Waals surface area contributed by atoms with E-state index in [1.807, 2.05) is 33.7 Å². The number of carbonyl (C=O) groups is 1. The quantitative estimate of drug-likeness (QED) is 0.793. The fourth-order valence-electron chi connectivity index (χ4n) is 3.72. The highest BCUT2D eigenvalue weighted by atomic mass is 32.2. The number of nitrogens with zero attached hydrogens (tertiary/aromatic N) is 5. The fourth-order valence-corrected chi connectivity index (χ4v) is 4.55. The van der Waals surface area contributed by atoms with E-state index in [0.29, 0.717) is 11.8 Å². The standard InChI is InChI=1S/C17H23N5OS/c23-16(13-24-17-19-18-15-7-1-2-11-22(15)17)21-10-5-6-14(12-21)20-8-3-4-9-20/h1-2,7,11,14H,3-6,8-10,12-13H2. The van der Waals surface area contributed by atoms with Gasteiger partial charge in [-0.05, 0) is 50.9 Å². The van der Waals surface area contributed by atoms with Crippen LogP contribution < -0.4 is 0 Å². The summed E-state index contributed by atoms with van der Waals surface area (Å²) in [4.78, 5) is 17.2. The van der Waals surface area contributed by atoms with E-state index in [4.69, 9.17) is 0 Å².